The van der Waals surface area contributed by atoms with Gasteiger partial charge in [-0.15, -0.1) is 0 Å². The van der Waals surface area contributed by atoms with E-state index < -0.39 is 0 Å². The zero-order chi connectivity index (χ0) is 12.3. The molecule has 2 heteroatoms. The van der Waals surface area contributed by atoms with E-state index in [2.05, 4.69) is 30.9 Å². The minimum absolute atomic E-state index is 0.799. The highest BCUT2D eigenvalue weighted by atomic mass is 15.1. The second-order valence-corrected chi connectivity index (χ2v) is 5.48. The van der Waals surface area contributed by atoms with Gasteiger partial charge in [-0.3, -0.25) is 0 Å². The quantitative estimate of drug-likeness (QED) is 0.806. The summed E-state index contributed by atoms with van der Waals surface area (Å²) >= 11 is 0. The predicted molar refractivity (Wildman–Crippen MR) is 75.5 cm³/mol. The third-order valence-electron chi connectivity index (χ3n) is 3.55. The van der Waals surface area contributed by atoms with Crippen molar-refractivity contribution in [3.05, 3.63) is 23.8 Å². The molecule has 0 fully saturated rings. The summed E-state index contributed by atoms with van der Waals surface area (Å²) in [6.07, 6.45) is 5.02. The van der Waals surface area contributed by atoms with Gasteiger partial charge >= 0.3 is 0 Å². The van der Waals surface area contributed by atoms with Crippen LogP contribution in [0, 0.1) is 5.92 Å². The second-order valence-electron chi connectivity index (χ2n) is 5.48. The Labute approximate surface area is 105 Å². The van der Waals surface area contributed by atoms with E-state index in [9.17, 15) is 0 Å². The molecule has 0 unspecified atom stereocenters. The highest BCUT2D eigenvalue weighted by molar-refractivity contribution is 5.72. The molecule has 0 saturated carbocycles. The lowest BCUT2D eigenvalue weighted by molar-refractivity contribution is 0.543. The number of hydrogen-bond acceptors (Lipinski definition) is 2. The molecule has 0 spiro atoms. The smallest absolute Gasteiger partial charge is 0.0632 e. The van der Waals surface area contributed by atoms with Crippen molar-refractivity contribution in [3.8, 4) is 0 Å². The fourth-order valence-corrected chi connectivity index (χ4v) is 2.68. The van der Waals surface area contributed by atoms with Crippen LogP contribution < -0.4 is 10.6 Å². The number of fused-ring (bicyclic) bond motifs is 1. The van der Waals surface area contributed by atoms with Crippen LogP contribution in [0.15, 0.2) is 18.2 Å². The van der Waals surface area contributed by atoms with Crippen LogP contribution in [0.3, 0.4) is 0 Å². The molecule has 1 aliphatic heterocycles. The summed E-state index contributed by atoms with van der Waals surface area (Å²) in [6, 6.07) is 6.33. The highest BCUT2D eigenvalue weighted by Crippen LogP contribution is 2.32. The van der Waals surface area contributed by atoms with Gasteiger partial charge < -0.3 is 10.6 Å². The average Bonchev–Trinajstić information content (AvgIpc) is 2.29. The Bertz CT molecular complexity index is 371. The monoisotopic (exact) mass is 232 g/mol. The van der Waals surface area contributed by atoms with Gasteiger partial charge in [-0.25, -0.2) is 0 Å². The first kappa shape index (κ1) is 12.3. The largest absolute Gasteiger partial charge is 0.397 e. The summed E-state index contributed by atoms with van der Waals surface area (Å²) in [5.41, 5.74) is 9.81. The van der Waals surface area contributed by atoms with Crippen molar-refractivity contribution in [3.63, 3.8) is 0 Å². The van der Waals surface area contributed by atoms with Crippen LogP contribution >= 0.6 is 0 Å². The maximum Gasteiger partial charge on any atom is 0.0632 e. The third kappa shape index (κ3) is 2.93. The standard InChI is InChI=1S/C15H24N2/c1-12(2)6-4-10-17-11-5-8-13-7-3-9-14(16)15(13)17/h3,7,9,12H,4-6,8,10-11,16H2,1-2H3. The Balaban J connectivity index is 2.06. The van der Waals surface area contributed by atoms with E-state index in [1.807, 2.05) is 6.07 Å². The molecule has 0 aliphatic carbocycles. The lowest BCUT2D eigenvalue weighted by Gasteiger charge is -2.32. The maximum absolute atomic E-state index is 6.12. The first-order valence-corrected chi connectivity index (χ1v) is 6.81. The molecule has 2 rings (SSSR count). The molecule has 1 heterocycles. The Kier molecular flexibility index (Phi) is 3.93. The van der Waals surface area contributed by atoms with Crippen LogP contribution in [0.2, 0.25) is 0 Å². The summed E-state index contributed by atoms with van der Waals surface area (Å²) in [5, 5.41) is 0. The topological polar surface area (TPSA) is 29.3 Å². The molecular weight excluding hydrogens is 208 g/mol. The fourth-order valence-electron chi connectivity index (χ4n) is 2.68. The Morgan fingerprint density at radius 2 is 2.18 bits per heavy atom. The van der Waals surface area contributed by atoms with Crippen molar-refractivity contribution in [2.24, 2.45) is 5.92 Å². The summed E-state index contributed by atoms with van der Waals surface area (Å²) < 4.78 is 0. The van der Waals surface area contributed by atoms with E-state index in [1.54, 1.807) is 0 Å². The minimum Gasteiger partial charge on any atom is -0.397 e. The van der Waals surface area contributed by atoms with Gasteiger partial charge in [0.1, 0.15) is 0 Å². The van der Waals surface area contributed by atoms with Gasteiger partial charge in [0, 0.05) is 13.1 Å². The van der Waals surface area contributed by atoms with Crippen LogP contribution in [0.1, 0.15) is 38.7 Å². The van der Waals surface area contributed by atoms with Gasteiger partial charge in [0.05, 0.1) is 11.4 Å². The van der Waals surface area contributed by atoms with E-state index in [0.717, 1.165) is 18.2 Å². The molecule has 17 heavy (non-hydrogen) atoms. The van der Waals surface area contributed by atoms with Crippen molar-refractivity contribution in [1.82, 2.24) is 0 Å². The summed E-state index contributed by atoms with van der Waals surface area (Å²) in [4.78, 5) is 2.48. The molecule has 1 aromatic carbocycles. The highest BCUT2D eigenvalue weighted by Gasteiger charge is 2.18. The van der Waals surface area contributed by atoms with Crippen molar-refractivity contribution in [2.75, 3.05) is 23.7 Å². The minimum atomic E-state index is 0.799. The molecule has 0 atom stereocenters. The van der Waals surface area contributed by atoms with Crippen LogP contribution in [-0.2, 0) is 6.42 Å². The molecule has 0 aromatic heterocycles. The number of nitrogens with zero attached hydrogens (tertiary/aromatic N) is 1. The van der Waals surface area contributed by atoms with E-state index >= 15 is 0 Å². The number of nitrogen functional groups attached to an aromatic ring is 1. The number of benzene rings is 1. The van der Waals surface area contributed by atoms with Gasteiger partial charge in [-0.2, -0.15) is 0 Å². The molecule has 1 aliphatic rings. The van der Waals surface area contributed by atoms with Gasteiger partial charge in [0.2, 0.25) is 0 Å². The molecular formula is C15H24N2. The Morgan fingerprint density at radius 3 is 2.94 bits per heavy atom. The van der Waals surface area contributed by atoms with Crippen molar-refractivity contribution >= 4 is 11.4 Å². The first-order chi connectivity index (χ1) is 8.18. The van der Waals surface area contributed by atoms with E-state index in [-0.39, 0.29) is 0 Å². The second kappa shape index (κ2) is 5.44. The first-order valence-electron chi connectivity index (χ1n) is 6.81. The number of hydrogen-bond donors (Lipinski definition) is 1. The maximum atomic E-state index is 6.12. The van der Waals surface area contributed by atoms with Gasteiger partial charge in [-0.05, 0) is 43.2 Å². The zero-order valence-corrected chi connectivity index (χ0v) is 11.1. The van der Waals surface area contributed by atoms with E-state index in [4.69, 9.17) is 5.73 Å². The molecule has 2 N–H and O–H groups in total. The van der Waals surface area contributed by atoms with Crippen LogP contribution in [0.25, 0.3) is 0 Å². The number of para-hydroxylation sites is 1. The van der Waals surface area contributed by atoms with Gasteiger partial charge in [-0.1, -0.05) is 26.0 Å². The summed E-state index contributed by atoms with van der Waals surface area (Å²) in [6.45, 7) is 6.90. The fraction of sp³-hybridized carbons (Fsp3) is 0.600. The number of anilines is 2. The molecule has 0 saturated heterocycles. The average molecular weight is 232 g/mol. The zero-order valence-electron chi connectivity index (χ0n) is 11.1. The van der Waals surface area contributed by atoms with E-state index in [1.165, 1.54) is 43.5 Å². The Hall–Kier alpha value is -1.18. The number of nitrogens with two attached hydrogens (primary N) is 1. The molecule has 1 aromatic rings. The number of aryl methyl sites for hydroxylation is 1. The SMILES string of the molecule is CC(C)CCCN1CCCc2cccc(N)c21. The molecule has 2 nitrogen and oxygen atoms in total. The van der Waals surface area contributed by atoms with Gasteiger partial charge in [0.25, 0.3) is 0 Å². The third-order valence-corrected chi connectivity index (χ3v) is 3.55. The molecule has 0 amide bonds. The van der Waals surface area contributed by atoms with E-state index in [0.29, 0.717) is 0 Å². The van der Waals surface area contributed by atoms with Crippen LogP contribution in [0.5, 0.6) is 0 Å². The normalized spacial score (nSPS) is 15.1. The lowest BCUT2D eigenvalue weighted by Crippen LogP contribution is -2.31. The summed E-state index contributed by atoms with van der Waals surface area (Å²) in [7, 11) is 0. The molecule has 0 bridgehead atoms. The number of rotatable bonds is 4. The molecule has 0 radical (unpaired) electrons. The summed E-state index contributed by atoms with van der Waals surface area (Å²) in [5.74, 6) is 0.799. The molecule has 94 valence electrons. The van der Waals surface area contributed by atoms with Crippen molar-refractivity contribution < 1.29 is 0 Å². The van der Waals surface area contributed by atoms with Crippen LogP contribution in [-0.4, -0.2) is 13.1 Å². The lowest BCUT2D eigenvalue weighted by atomic mass is 9.99. The van der Waals surface area contributed by atoms with Crippen molar-refractivity contribution in [2.45, 2.75) is 39.5 Å². The van der Waals surface area contributed by atoms with Gasteiger partial charge in [0.15, 0.2) is 0 Å². The van der Waals surface area contributed by atoms with Crippen molar-refractivity contribution in [1.29, 1.82) is 0 Å². The Morgan fingerprint density at radius 1 is 1.35 bits per heavy atom. The predicted octanol–water partition coefficient (Wildman–Crippen LogP) is 3.46. The van der Waals surface area contributed by atoms with Crippen LogP contribution in [0.4, 0.5) is 11.4 Å².